The fraction of sp³-hybridized carbons (Fsp3) is 0.500. The predicted octanol–water partition coefficient (Wildman–Crippen LogP) is 2.32. The molecule has 0 unspecified atom stereocenters. The summed E-state index contributed by atoms with van der Waals surface area (Å²) in [5, 5.41) is 0. The highest BCUT2D eigenvalue weighted by Gasteiger charge is 2.20. The van der Waals surface area contributed by atoms with Gasteiger partial charge in [0, 0.05) is 6.42 Å². The van der Waals surface area contributed by atoms with Crippen molar-refractivity contribution >= 4 is 5.97 Å². The molecule has 0 atom stereocenters. The van der Waals surface area contributed by atoms with E-state index in [-0.39, 0.29) is 5.97 Å². The summed E-state index contributed by atoms with van der Waals surface area (Å²) in [6, 6.07) is 9.28. The van der Waals surface area contributed by atoms with Crippen LogP contribution in [0.5, 0.6) is 5.75 Å². The van der Waals surface area contributed by atoms with Crippen LogP contribution in [0.3, 0.4) is 0 Å². The molecule has 1 aliphatic rings. The van der Waals surface area contributed by atoms with Crippen LogP contribution < -0.4 is 4.74 Å². The predicted molar refractivity (Wildman–Crippen MR) is 66.9 cm³/mol. The number of carbonyl (C=O) groups is 1. The van der Waals surface area contributed by atoms with Crippen molar-refractivity contribution in [3.05, 3.63) is 30.3 Å². The second-order valence-corrected chi connectivity index (χ2v) is 4.74. The van der Waals surface area contributed by atoms with Gasteiger partial charge in [0.05, 0.1) is 0 Å². The number of esters is 1. The first-order valence-corrected chi connectivity index (χ1v) is 6.18. The van der Waals surface area contributed by atoms with Gasteiger partial charge in [-0.15, -0.1) is 0 Å². The normalized spacial score (nSPS) is 17.9. The molecule has 0 aromatic heterocycles. The fourth-order valence-corrected chi connectivity index (χ4v) is 2.16. The Morgan fingerprint density at radius 3 is 2.59 bits per heavy atom. The summed E-state index contributed by atoms with van der Waals surface area (Å²) in [6.45, 7) is 2.17. The third kappa shape index (κ3) is 3.86. The van der Waals surface area contributed by atoms with E-state index in [1.807, 2.05) is 30.3 Å². The first-order chi connectivity index (χ1) is 8.24. The monoisotopic (exact) mass is 233 g/mol. The van der Waals surface area contributed by atoms with E-state index in [1.54, 1.807) is 0 Å². The largest absolute Gasteiger partial charge is 0.427 e. The van der Waals surface area contributed by atoms with Crippen LogP contribution in [-0.2, 0) is 4.79 Å². The minimum absolute atomic E-state index is 0.106. The van der Waals surface area contributed by atoms with Crippen LogP contribution in [-0.4, -0.2) is 31.0 Å². The Labute approximate surface area is 102 Å². The van der Waals surface area contributed by atoms with Gasteiger partial charge >= 0.3 is 5.97 Å². The molecule has 2 rings (SSSR count). The molecule has 3 nitrogen and oxygen atoms in total. The maximum absolute atomic E-state index is 11.7. The first kappa shape index (κ1) is 12.1. The highest BCUT2D eigenvalue weighted by molar-refractivity contribution is 5.72. The topological polar surface area (TPSA) is 29.5 Å². The van der Waals surface area contributed by atoms with Crippen molar-refractivity contribution in [2.45, 2.75) is 19.3 Å². The average molecular weight is 233 g/mol. The second kappa shape index (κ2) is 5.82. The molecule has 0 spiro atoms. The second-order valence-electron chi connectivity index (χ2n) is 4.74. The van der Waals surface area contributed by atoms with Gasteiger partial charge in [-0.1, -0.05) is 18.2 Å². The zero-order valence-electron chi connectivity index (χ0n) is 10.3. The van der Waals surface area contributed by atoms with Crippen LogP contribution in [0.4, 0.5) is 0 Å². The van der Waals surface area contributed by atoms with Crippen LogP contribution in [0, 0.1) is 5.92 Å². The van der Waals surface area contributed by atoms with E-state index in [0.717, 1.165) is 25.9 Å². The van der Waals surface area contributed by atoms with Gasteiger partial charge < -0.3 is 9.64 Å². The number of para-hydroxylation sites is 1. The molecule has 0 radical (unpaired) electrons. The van der Waals surface area contributed by atoms with Crippen molar-refractivity contribution in [1.82, 2.24) is 4.90 Å². The van der Waals surface area contributed by atoms with Crippen molar-refractivity contribution in [3.63, 3.8) is 0 Å². The van der Waals surface area contributed by atoms with Gasteiger partial charge in [-0.2, -0.15) is 0 Å². The van der Waals surface area contributed by atoms with Gasteiger partial charge in [0.2, 0.25) is 0 Å². The minimum atomic E-state index is -0.106. The van der Waals surface area contributed by atoms with E-state index in [2.05, 4.69) is 11.9 Å². The zero-order valence-corrected chi connectivity index (χ0v) is 10.3. The van der Waals surface area contributed by atoms with E-state index in [0.29, 0.717) is 18.1 Å². The lowest BCUT2D eigenvalue weighted by Gasteiger charge is -2.28. The molecule has 1 fully saturated rings. The Balaban J connectivity index is 1.78. The number of hydrogen-bond acceptors (Lipinski definition) is 3. The number of ether oxygens (including phenoxy) is 1. The SMILES string of the molecule is CN1CCC(CC(=O)Oc2ccccc2)CC1. The van der Waals surface area contributed by atoms with Crippen molar-refractivity contribution in [2.24, 2.45) is 5.92 Å². The number of rotatable bonds is 3. The Bertz CT molecular complexity index is 356. The molecule has 3 heteroatoms. The number of carbonyl (C=O) groups excluding carboxylic acids is 1. The van der Waals surface area contributed by atoms with Crippen molar-refractivity contribution in [3.8, 4) is 5.75 Å². The molecule has 0 aliphatic carbocycles. The number of benzene rings is 1. The number of piperidine rings is 1. The molecule has 1 aromatic carbocycles. The summed E-state index contributed by atoms with van der Waals surface area (Å²) in [5.74, 6) is 1.03. The summed E-state index contributed by atoms with van der Waals surface area (Å²) in [4.78, 5) is 14.0. The van der Waals surface area contributed by atoms with E-state index in [1.165, 1.54) is 0 Å². The average Bonchev–Trinajstić information content (AvgIpc) is 2.33. The molecule has 0 N–H and O–H groups in total. The standard InChI is InChI=1S/C14H19NO2/c1-15-9-7-12(8-10-15)11-14(16)17-13-5-3-2-4-6-13/h2-6,12H,7-11H2,1H3. The third-order valence-corrected chi connectivity index (χ3v) is 3.27. The Morgan fingerprint density at radius 2 is 1.94 bits per heavy atom. The maximum atomic E-state index is 11.7. The summed E-state index contributed by atoms with van der Waals surface area (Å²) in [5.41, 5.74) is 0. The first-order valence-electron chi connectivity index (χ1n) is 6.18. The van der Waals surface area contributed by atoms with Gasteiger partial charge in [-0.3, -0.25) is 4.79 Å². The number of hydrogen-bond donors (Lipinski definition) is 0. The highest BCUT2D eigenvalue weighted by Crippen LogP contribution is 2.20. The van der Waals surface area contributed by atoms with Gasteiger partial charge in [-0.25, -0.2) is 0 Å². The Morgan fingerprint density at radius 1 is 1.29 bits per heavy atom. The highest BCUT2D eigenvalue weighted by atomic mass is 16.5. The van der Waals surface area contributed by atoms with Crippen LogP contribution in [0.15, 0.2) is 30.3 Å². The summed E-state index contributed by atoms with van der Waals surface area (Å²) < 4.78 is 5.29. The summed E-state index contributed by atoms with van der Waals surface area (Å²) in [7, 11) is 2.12. The lowest BCUT2D eigenvalue weighted by atomic mass is 9.94. The van der Waals surface area contributed by atoms with E-state index < -0.39 is 0 Å². The molecular weight excluding hydrogens is 214 g/mol. The maximum Gasteiger partial charge on any atom is 0.311 e. The van der Waals surface area contributed by atoms with Gasteiger partial charge in [0.1, 0.15) is 5.75 Å². The molecule has 1 heterocycles. The molecule has 17 heavy (non-hydrogen) atoms. The molecular formula is C14H19NO2. The smallest absolute Gasteiger partial charge is 0.311 e. The fourth-order valence-electron chi connectivity index (χ4n) is 2.16. The molecule has 1 saturated heterocycles. The molecule has 0 amide bonds. The Kier molecular flexibility index (Phi) is 4.15. The van der Waals surface area contributed by atoms with Crippen LogP contribution in [0.25, 0.3) is 0 Å². The van der Waals surface area contributed by atoms with Gasteiger partial charge in [0.15, 0.2) is 0 Å². The van der Waals surface area contributed by atoms with Gasteiger partial charge in [0.25, 0.3) is 0 Å². The van der Waals surface area contributed by atoms with Crippen LogP contribution in [0.2, 0.25) is 0 Å². The van der Waals surface area contributed by atoms with E-state index in [9.17, 15) is 4.79 Å². The van der Waals surface area contributed by atoms with Gasteiger partial charge in [-0.05, 0) is 51.0 Å². The van der Waals surface area contributed by atoms with Crippen LogP contribution >= 0.6 is 0 Å². The lowest BCUT2D eigenvalue weighted by molar-refractivity contribution is -0.135. The summed E-state index contributed by atoms with van der Waals surface area (Å²) in [6.07, 6.45) is 2.74. The summed E-state index contributed by atoms with van der Waals surface area (Å²) >= 11 is 0. The molecule has 1 aromatic rings. The Hall–Kier alpha value is -1.35. The van der Waals surface area contributed by atoms with Crippen LogP contribution in [0.1, 0.15) is 19.3 Å². The van der Waals surface area contributed by atoms with E-state index >= 15 is 0 Å². The van der Waals surface area contributed by atoms with Crippen molar-refractivity contribution in [2.75, 3.05) is 20.1 Å². The zero-order chi connectivity index (χ0) is 12.1. The molecule has 0 saturated carbocycles. The van der Waals surface area contributed by atoms with E-state index in [4.69, 9.17) is 4.74 Å². The number of likely N-dealkylation sites (tertiary alicyclic amines) is 1. The van der Waals surface area contributed by atoms with Crippen molar-refractivity contribution < 1.29 is 9.53 Å². The molecule has 1 aliphatic heterocycles. The number of nitrogens with zero attached hydrogens (tertiary/aromatic N) is 1. The molecule has 0 bridgehead atoms. The lowest BCUT2D eigenvalue weighted by Crippen LogP contribution is -2.31. The third-order valence-electron chi connectivity index (χ3n) is 3.27. The minimum Gasteiger partial charge on any atom is -0.427 e. The quantitative estimate of drug-likeness (QED) is 0.593. The molecule has 92 valence electrons. The van der Waals surface area contributed by atoms with Crippen molar-refractivity contribution in [1.29, 1.82) is 0 Å².